The zero-order chi connectivity index (χ0) is 106. The molecule has 2 saturated carbocycles. The van der Waals surface area contributed by atoms with Crippen LogP contribution in [0.25, 0.3) is 0 Å². The maximum absolute atomic E-state index is 10.7. The lowest BCUT2D eigenvalue weighted by atomic mass is 9.87. The number of hydrogen-bond donors (Lipinski definition) is 4. The molecule has 15 heteroatoms. The van der Waals surface area contributed by atoms with Crippen LogP contribution in [0, 0.1) is 11.8 Å². The van der Waals surface area contributed by atoms with Crippen LogP contribution in [0.2, 0.25) is 0 Å². The van der Waals surface area contributed by atoms with Crippen LogP contribution in [0.15, 0.2) is 291 Å². The Labute approximate surface area is 882 Å². The molecule has 0 spiro atoms. The van der Waals surface area contributed by atoms with Crippen molar-refractivity contribution in [3.63, 3.8) is 0 Å². The van der Waals surface area contributed by atoms with Gasteiger partial charge in [-0.25, -0.2) is 0 Å². The van der Waals surface area contributed by atoms with E-state index in [1.54, 1.807) is 48.5 Å². The molecule has 145 heavy (non-hydrogen) atoms. The number of thioether (sulfide) groups is 1. The second-order valence-corrected chi connectivity index (χ2v) is 40.2. The molecule has 10 aromatic carbocycles. The van der Waals surface area contributed by atoms with Crippen LogP contribution < -0.4 is 18.9 Å². The Balaban J connectivity index is 0.000000345. The number of benzene rings is 10. The zero-order valence-electron chi connectivity index (χ0n) is 92.8. The average Bonchev–Trinajstić information content (AvgIpc) is 0.865. The fourth-order valence-corrected chi connectivity index (χ4v) is 16.6. The molecule has 0 amide bonds. The van der Waals surface area contributed by atoms with Crippen LogP contribution in [-0.4, -0.2) is 82.9 Å². The highest BCUT2D eigenvalue weighted by atomic mass is 32.2. The van der Waals surface area contributed by atoms with Crippen LogP contribution >= 0.6 is 11.8 Å². The van der Waals surface area contributed by atoms with Gasteiger partial charge in [-0.05, 0) is 322 Å². The third kappa shape index (κ3) is 56.3. The number of hydrogen-bond acceptors (Lipinski definition) is 15. The lowest BCUT2D eigenvalue weighted by Crippen LogP contribution is -2.19. The maximum atomic E-state index is 10.7. The number of allylic oxidation sites excluding steroid dienone is 3. The Bertz CT molecular complexity index is 4720. The normalized spacial score (nSPS) is 14.7. The molecule has 10 aromatic rings. The van der Waals surface area contributed by atoms with E-state index in [4.69, 9.17) is 63.1 Å². The second kappa shape index (κ2) is 76.1. The van der Waals surface area contributed by atoms with Gasteiger partial charge in [0.05, 0.1) is 26.4 Å². The lowest BCUT2D eigenvalue weighted by Gasteiger charge is -2.22. The Morgan fingerprint density at radius 2 is 0.641 bits per heavy atom. The Hall–Kier alpha value is -10.5. The SMILES string of the molecule is C=C(C=CC(=C)C(C)CC)OCOCCc1ccccc1.CCC(C)c1ccc(O)cc1.CCC(C)c1ccc(O)cc1.CCC(C)c1ccc(O)cc1.CCC(C)c1ccc(O)cc1.CCC(C)c1ccc(OC(C)=O)cc1.CCC(C)c1ccc(OC(C)OCCC2CCCCC2)cc1.CCC(C)c1ccc(OC(C)OCCSC2CCCCC2)cc1.CCC(C)c1ccc(OC(C)OCc2ccccc2)cc1. The molecular weight excluding hydrogens is 1820 g/mol. The van der Waals surface area contributed by atoms with Crippen molar-refractivity contribution in [1.29, 1.82) is 0 Å². The van der Waals surface area contributed by atoms with Gasteiger partial charge in [-0.3, -0.25) is 4.79 Å². The van der Waals surface area contributed by atoms with Crippen molar-refractivity contribution in [3.8, 4) is 46.0 Å². The van der Waals surface area contributed by atoms with Gasteiger partial charge >= 0.3 is 5.97 Å². The van der Waals surface area contributed by atoms with Gasteiger partial charge < -0.3 is 63.1 Å². The third-order valence-electron chi connectivity index (χ3n) is 27.4. The maximum Gasteiger partial charge on any atom is 0.308 e. The molecule has 2 fully saturated rings. The summed E-state index contributed by atoms with van der Waals surface area (Å²) in [5.41, 5.74) is 14.1. The largest absolute Gasteiger partial charge is 0.508 e. The molecule has 0 saturated heterocycles. The highest BCUT2D eigenvalue weighted by molar-refractivity contribution is 7.99. The van der Waals surface area contributed by atoms with E-state index >= 15 is 0 Å². The van der Waals surface area contributed by atoms with Gasteiger partial charge in [0, 0.05) is 17.9 Å². The molecule has 796 valence electrons. The monoisotopic (exact) mass is 2000 g/mol. The molecule has 2 aliphatic carbocycles. The van der Waals surface area contributed by atoms with E-state index in [2.05, 4.69) is 222 Å². The smallest absolute Gasteiger partial charge is 0.308 e. The van der Waals surface area contributed by atoms with Crippen LogP contribution in [0.1, 0.15) is 384 Å². The van der Waals surface area contributed by atoms with E-state index in [0.717, 1.165) is 110 Å². The molecule has 0 aliphatic heterocycles. The van der Waals surface area contributed by atoms with Crippen molar-refractivity contribution >= 4 is 17.7 Å². The standard InChI is InChI=1S/C20H32O2S.C20H32O2.C19H24O2.C19H26O2.C12H16O2.4C10H14O/c1-4-16(2)18-10-12-19(13-11-18)22-17(3)21-14-15-23-20-8-6-5-7-9-20;1-4-16(2)19-10-12-20(13-11-19)22-17(3)21-15-14-18-8-6-5-7-9-18;1-4-15(2)18-10-12-19(13-11-18)21-16(3)20-14-17-8-6-5-7-9-17;1-5-16(2)17(3)11-12-18(4)21-15-20-14-13-19-9-7-6-8-10-19;1-4-9(2)11-5-7-12(8-6-11)14-10(3)13;4*1-3-8(2)9-4-6-10(11)7-5-9/h10-13,16-17,20H,4-9,14-15H2,1-3H3;10-13,16-18H,4-9,14-15H2,1-3H3;5-13,15-16H,4,14H2,1-3H3;6-12,16H,3-5,13-15H2,1-2H3;5-9H,4H2,1-3H3;4*4-8,11H,3H2,1-2H3. The number of aromatic hydroxyl groups is 4. The van der Waals surface area contributed by atoms with E-state index in [0.29, 0.717) is 101 Å². The summed E-state index contributed by atoms with van der Waals surface area (Å²) in [6.07, 6.45) is 29.5. The Morgan fingerprint density at radius 3 is 0.959 bits per heavy atom. The number of phenolic OH excluding ortho intramolecular Hbond substituents is 4. The van der Waals surface area contributed by atoms with E-state index in [1.165, 1.54) is 140 Å². The Morgan fingerprint density at radius 1 is 0.345 bits per heavy atom. The first kappa shape index (κ1) is 127. The lowest BCUT2D eigenvalue weighted by molar-refractivity contribution is -0.131. The van der Waals surface area contributed by atoms with Gasteiger partial charge in [0.25, 0.3) is 0 Å². The molecule has 0 bridgehead atoms. The minimum atomic E-state index is -0.277. The number of ether oxygens (including phenoxy) is 9. The minimum absolute atomic E-state index is 0.168. The first-order valence-electron chi connectivity index (χ1n) is 54.3. The van der Waals surface area contributed by atoms with E-state index < -0.39 is 0 Å². The van der Waals surface area contributed by atoms with E-state index in [9.17, 15) is 4.79 Å². The van der Waals surface area contributed by atoms with Gasteiger partial charge in [-0.15, -0.1) is 0 Å². The second-order valence-electron chi connectivity index (χ2n) is 38.8. The fraction of sp³-hybridized carbons (Fsp3) is 0.485. The van der Waals surface area contributed by atoms with Crippen molar-refractivity contribution in [3.05, 3.63) is 347 Å². The average molecular weight is 2000 g/mol. The molecule has 14 nitrogen and oxygen atoms in total. The van der Waals surface area contributed by atoms with E-state index in [1.807, 2.05) is 166 Å². The molecule has 12 atom stereocenters. The first-order valence-corrected chi connectivity index (χ1v) is 55.4. The molecular formula is C130H186O14S. The highest BCUT2D eigenvalue weighted by Gasteiger charge is 2.18. The summed E-state index contributed by atoms with van der Waals surface area (Å²) >= 11 is 2.07. The summed E-state index contributed by atoms with van der Waals surface area (Å²) in [5.74, 6) is 12.1. The van der Waals surface area contributed by atoms with Crippen LogP contribution in [0.5, 0.6) is 46.0 Å². The summed E-state index contributed by atoms with van der Waals surface area (Å²) in [4.78, 5) is 10.7. The summed E-state index contributed by atoms with van der Waals surface area (Å²) in [6, 6.07) is 82.9. The molecule has 0 aromatic heterocycles. The van der Waals surface area contributed by atoms with Gasteiger partial charge in [-0.1, -0.05) is 359 Å². The van der Waals surface area contributed by atoms with Crippen LogP contribution in [0.3, 0.4) is 0 Å². The topological polar surface area (TPSA) is 181 Å². The predicted molar refractivity (Wildman–Crippen MR) is 612 cm³/mol. The van der Waals surface area contributed by atoms with Crippen LogP contribution in [0.4, 0.5) is 0 Å². The summed E-state index contributed by atoms with van der Waals surface area (Å²) in [5, 5.41) is 36.9. The molecule has 12 unspecified atom stereocenters. The number of carbonyl (C=O) groups is 1. The molecule has 0 radical (unpaired) electrons. The van der Waals surface area contributed by atoms with Crippen molar-refractivity contribution in [1.82, 2.24) is 0 Å². The van der Waals surface area contributed by atoms with Crippen molar-refractivity contribution in [2.75, 3.05) is 32.4 Å². The number of carbonyl (C=O) groups excluding carboxylic acids is 1. The quantitative estimate of drug-likeness (QED) is 0.00706. The number of phenols is 4. The van der Waals surface area contributed by atoms with Gasteiger partial charge in [0.15, 0.2) is 25.7 Å². The highest BCUT2D eigenvalue weighted by Crippen LogP contribution is 2.33. The minimum Gasteiger partial charge on any atom is -0.508 e. The number of esters is 1. The van der Waals surface area contributed by atoms with Gasteiger partial charge in [0.1, 0.15) is 51.8 Å². The summed E-state index contributed by atoms with van der Waals surface area (Å²) in [6.45, 7) is 57.6. The van der Waals surface area contributed by atoms with Gasteiger partial charge in [-0.2, -0.15) is 11.8 Å². The Kier molecular flexibility index (Phi) is 66.5. The fourth-order valence-electron chi connectivity index (χ4n) is 15.4. The van der Waals surface area contributed by atoms with Crippen molar-refractivity contribution in [2.24, 2.45) is 11.8 Å². The summed E-state index contributed by atoms with van der Waals surface area (Å²) in [7, 11) is 0. The van der Waals surface area contributed by atoms with Gasteiger partial charge in [0.2, 0.25) is 0 Å². The zero-order valence-corrected chi connectivity index (χ0v) is 93.6. The molecule has 12 rings (SSSR count). The van der Waals surface area contributed by atoms with Crippen LogP contribution in [-0.2, 0) is 41.5 Å². The molecule has 0 heterocycles. The summed E-state index contributed by atoms with van der Waals surface area (Å²) < 4.78 is 50.6. The first-order chi connectivity index (χ1) is 69.8. The molecule has 4 N–H and O–H groups in total. The number of rotatable bonds is 45. The third-order valence-corrected chi connectivity index (χ3v) is 28.8. The molecule has 2 aliphatic rings. The predicted octanol–water partition coefficient (Wildman–Crippen LogP) is 36.7. The van der Waals surface area contributed by atoms with Crippen molar-refractivity contribution in [2.45, 2.75) is 365 Å². The van der Waals surface area contributed by atoms with E-state index in [-0.39, 0.29) is 31.6 Å². The van der Waals surface area contributed by atoms with Crippen molar-refractivity contribution < 1.29 is 67.9 Å².